The molecular weight excluding hydrogens is 387 g/mol. The molecule has 4 rings (SSSR count). The summed E-state index contributed by atoms with van der Waals surface area (Å²) in [6.45, 7) is 1.84. The summed E-state index contributed by atoms with van der Waals surface area (Å²) in [5.74, 6) is -1.28. The van der Waals surface area contributed by atoms with E-state index >= 15 is 0 Å². The van der Waals surface area contributed by atoms with Crippen LogP contribution in [0.1, 0.15) is 21.7 Å². The summed E-state index contributed by atoms with van der Waals surface area (Å²) in [6, 6.07) is 15.6. The van der Waals surface area contributed by atoms with Crippen molar-refractivity contribution in [3.8, 4) is 5.75 Å². The highest BCUT2D eigenvalue weighted by Gasteiger charge is 2.32. The highest BCUT2D eigenvalue weighted by molar-refractivity contribution is 6.02. The summed E-state index contributed by atoms with van der Waals surface area (Å²) < 4.78 is 21.8. The molecule has 2 heterocycles. The minimum absolute atomic E-state index is 0.0583. The molecule has 1 unspecified atom stereocenters. The maximum absolute atomic E-state index is 14.7. The van der Waals surface area contributed by atoms with Crippen molar-refractivity contribution in [2.75, 3.05) is 18.6 Å². The minimum atomic E-state index is -0.964. The number of rotatable bonds is 4. The lowest BCUT2D eigenvalue weighted by Crippen LogP contribution is -2.49. The standard InChI is InChI=1S/C22H21FN4O3/c1-14-19(23)20(25-27(14)12-15-8-4-3-5-9-15)21(28)24-16-13-30-18-11-7-6-10-17(18)26(2)22(16)29/h3-11,16H,12-13H2,1-2H3,(H,24,28). The highest BCUT2D eigenvalue weighted by atomic mass is 19.1. The fourth-order valence-corrected chi connectivity index (χ4v) is 3.36. The Morgan fingerprint density at radius 3 is 2.67 bits per heavy atom. The van der Waals surface area contributed by atoms with Gasteiger partial charge in [-0.15, -0.1) is 0 Å². The van der Waals surface area contributed by atoms with Crippen molar-refractivity contribution >= 4 is 17.5 Å². The van der Waals surface area contributed by atoms with E-state index in [0.717, 1.165) is 5.56 Å². The second-order valence-corrected chi connectivity index (χ2v) is 7.09. The van der Waals surface area contributed by atoms with Crippen LogP contribution in [0.15, 0.2) is 54.6 Å². The van der Waals surface area contributed by atoms with Crippen LogP contribution in [0.2, 0.25) is 0 Å². The molecule has 0 fully saturated rings. The second kappa shape index (κ2) is 7.98. The van der Waals surface area contributed by atoms with Gasteiger partial charge >= 0.3 is 0 Å². The topological polar surface area (TPSA) is 76.5 Å². The quantitative estimate of drug-likeness (QED) is 0.720. The van der Waals surface area contributed by atoms with Gasteiger partial charge in [-0.3, -0.25) is 14.3 Å². The summed E-state index contributed by atoms with van der Waals surface area (Å²) >= 11 is 0. The Morgan fingerprint density at radius 1 is 1.20 bits per heavy atom. The number of nitrogens with one attached hydrogen (secondary N) is 1. The van der Waals surface area contributed by atoms with Gasteiger partial charge in [-0.1, -0.05) is 42.5 Å². The summed E-state index contributed by atoms with van der Waals surface area (Å²) in [5, 5.41) is 6.71. The van der Waals surface area contributed by atoms with Crippen LogP contribution in [0.5, 0.6) is 5.75 Å². The summed E-state index contributed by atoms with van der Waals surface area (Å²) in [6.07, 6.45) is 0. The van der Waals surface area contributed by atoms with Gasteiger partial charge in [0.2, 0.25) is 0 Å². The number of hydrogen-bond acceptors (Lipinski definition) is 4. The molecule has 0 spiro atoms. The maximum Gasteiger partial charge on any atom is 0.275 e. The van der Waals surface area contributed by atoms with Crippen LogP contribution in [0.25, 0.3) is 0 Å². The van der Waals surface area contributed by atoms with Gasteiger partial charge in [0, 0.05) is 7.05 Å². The van der Waals surface area contributed by atoms with Crippen molar-refractivity contribution in [2.24, 2.45) is 0 Å². The molecule has 0 aliphatic carbocycles. The number of likely N-dealkylation sites (N-methyl/N-ethyl adjacent to an activating group) is 1. The fourth-order valence-electron chi connectivity index (χ4n) is 3.36. The zero-order valence-corrected chi connectivity index (χ0v) is 16.6. The molecule has 0 radical (unpaired) electrons. The molecule has 30 heavy (non-hydrogen) atoms. The number of carbonyl (C=O) groups excluding carboxylic acids is 2. The van der Waals surface area contributed by atoms with Crippen LogP contribution >= 0.6 is 0 Å². The van der Waals surface area contributed by atoms with Gasteiger partial charge < -0.3 is 15.0 Å². The molecular formula is C22H21FN4O3. The number of hydrogen-bond donors (Lipinski definition) is 1. The van der Waals surface area contributed by atoms with E-state index in [2.05, 4.69) is 10.4 Å². The van der Waals surface area contributed by atoms with Crippen molar-refractivity contribution in [3.63, 3.8) is 0 Å². The lowest BCUT2D eigenvalue weighted by molar-refractivity contribution is -0.120. The van der Waals surface area contributed by atoms with Crippen molar-refractivity contribution in [1.82, 2.24) is 15.1 Å². The monoisotopic (exact) mass is 408 g/mol. The number of nitrogens with zero attached hydrogens (tertiary/aromatic N) is 3. The molecule has 1 aliphatic heterocycles. The Morgan fingerprint density at radius 2 is 1.90 bits per heavy atom. The van der Waals surface area contributed by atoms with Crippen LogP contribution < -0.4 is 15.0 Å². The summed E-state index contributed by atoms with van der Waals surface area (Å²) in [7, 11) is 1.61. The minimum Gasteiger partial charge on any atom is -0.489 e. The van der Waals surface area contributed by atoms with E-state index in [1.165, 1.54) is 9.58 Å². The van der Waals surface area contributed by atoms with E-state index in [0.29, 0.717) is 18.0 Å². The smallest absolute Gasteiger partial charge is 0.275 e. The SMILES string of the molecule is Cc1c(F)c(C(=O)NC2COc3ccccc3N(C)C2=O)nn1Cc1ccccc1. The molecule has 1 atom stereocenters. The third-order valence-electron chi connectivity index (χ3n) is 5.09. The largest absolute Gasteiger partial charge is 0.489 e. The first-order valence-corrected chi connectivity index (χ1v) is 9.53. The number of benzene rings is 2. The van der Waals surface area contributed by atoms with E-state index in [9.17, 15) is 14.0 Å². The first-order chi connectivity index (χ1) is 14.5. The Kier molecular flexibility index (Phi) is 5.22. The Balaban J connectivity index is 1.53. The molecule has 1 aromatic heterocycles. The molecule has 2 aromatic carbocycles. The Hall–Kier alpha value is -3.68. The van der Waals surface area contributed by atoms with Crippen molar-refractivity contribution in [2.45, 2.75) is 19.5 Å². The lowest BCUT2D eigenvalue weighted by Gasteiger charge is -2.20. The number of carbonyl (C=O) groups is 2. The molecule has 1 aliphatic rings. The maximum atomic E-state index is 14.7. The number of aromatic nitrogens is 2. The van der Waals surface area contributed by atoms with Gasteiger partial charge in [-0.05, 0) is 24.6 Å². The number of amides is 2. The predicted octanol–water partition coefficient (Wildman–Crippen LogP) is 2.53. The highest BCUT2D eigenvalue weighted by Crippen LogP contribution is 2.29. The van der Waals surface area contributed by atoms with Gasteiger partial charge in [-0.25, -0.2) is 4.39 Å². The van der Waals surface area contributed by atoms with Gasteiger partial charge in [0.15, 0.2) is 11.5 Å². The van der Waals surface area contributed by atoms with E-state index in [1.54, 1.807) is 38.2 Å². The molecule has 3 aromatic rings. The van der Waals surface area contributed by atoms with Crippen LogP contribution in [0.3, 0.4) is 0 Å². The zero-order valence-electron chi connectivity index (χ0n) is 16.6. The first-order valence-electron chi connectivity index (χ1n) is 9.53. The average Bonchev–Trinajstić information content (AvgIpc) is 2.98. The van der Waals surface area contributed by atoms with Gasteiger partial charge in [0.25, 0.3) is 11.8 Å². The van der Waals surface area contributed by atoms with Crippen LogP contribution in [0.4, 0.5) is 10.1 Å². The molecule has 0 saturated heterocycles. The van der Waals surface area contributed by atoms with Crippen molar-refractivity contribution in [1.29, 1.82) is 0 Å². The molecule has 1 N–H and O–H groups in total. The molecule has 8 heteroatoms. The van der Waals surface area contributed by atoms with E-state index in [-0.39, 0.29) is 23.9 Å². The predicted molar refractivity (Wildman–Crippen MR) is 109 cm³/mol. The first kappa shape index (κ1) is 19.6. The van der Waals surface area contributed by atoms with E-state index in [1.807, 2.05) is 30.3 Å². The summed E-state index contributed by atoms with van der Waals surface area (Å²) in [5.41, 5.74) is 1.44. The number of para-hydroxylation sites is 2. The second-order valence-electron chi connectivity index (χ2n) is 7.09. The number of halogens is 1. The van der Waals surface area contributed by atoms with Crippen molar-refractivity contribution in [3.05, 3.63) is 77.4 Å². The number of ether oxygens (including phenoxy) is 1. The fraction of sp³-hybridized carbons (Fsp3) is 0.227. The van der Waals surface area contributed by atoms with Gasteiger partial charge in [0.05, 0.1) is 17.9 Å². The van der Waals surface area contributed by atoms with Crippen LogP contribution in [-0.4, -0.2) is 41.3 Å². The normalized spacial score (nSPS) is 15.9. The number of anilines is 1. The molecule has 154 valence electrons. The molecule has 2 amide bonds. The summed E-state index contributed by atoms with van der Waals surface area (Å²) in [4.78, 5) is 26.9. The molecule has 0 saturated carbocycles. The van der Waals surface area contributed by atoms with Gasteiger partial charge in [0.1, 0.15) is 18.4 Å². The Bertz CT molecular complexity index is 1100. The molecule has 0 bridgehead atoms. The van der Waals surface area contributed by atoms with Crippen molar-refractivity contribution < 1.29 is 18.7 Å². The van der Waals surface area contributed by atoms with E-state index in [4.69, 9.17) is 4.74 Å². The lowest BCUT2D eigenvalue weighted by atomic mass is 10.2. The third-order valence-corrected chi connectivity index (χ3v) is 5.09. The van der Waals surface area contributed by atoms with Gasteiger partial charge in [-0.2, -0.15) is 5.10 Å². The average molecular weight is 408 g/mol. The Labute approximate surface area is 173 Å². The zero-order chi connectivity index (χ0) is 21.3. The third kappa shape index (κ3) is 3.63. The van der Waals surface area contributed by atoms with E-state index < -0.39 is 17.8 Å². The molecule has 7 nitrogen and oxygen atoms in total. The van der Waals surface area contributed by atoms with Crippen LogP contribution in [0, 0.1) is 12.7 Å². The number of fused-ring (bicyclic) bond motifs is 1. The van der Waals surface area contributed by atoms with Crippen LogP contribution in [-0.2, 0) is 11.3 Å².